The monoisotopic (exact) mass is 388 g/mol. The molecule has 2 N–H and O–H groups in total. The SMILES string of the molecule is COc1ccc(C[NH+]2CC[NH+](c3ccccc3)CC2)cc1Cl.[Cl-].[Cl-]. The number of rotatable bonds is 4. The zero-order chi connectivity index (χ0) is 15.4. The number of hydrogen-bond donors (Lipinski definition) is 2. The number of hydrogen-bond acceptors (Lipinski definition) is 1. The maximum Gasteiger partial charge on any atom is 0.137 e. The van der Waals surface area contributed by atoms with Gasteiger partial charge in [-0.2, -0.15) is 0 Å². The summed E-state index contributed by atoms with van der Waals surface area (Å²) < 4.78 is 5.21. The second-order valence-corrected chi connectivity index (χ2v) is 6.27. The highest BCUT2D eigenvalue weighted by Crippen LogP contribution is 2.24. The highest BCUT2D eigenvalue weighted by atomic mass is 35.5. The molecule has 0 saturated carbocycles. The van der Waals surface area contributed by atoms with E-state index in [-0.39, 0.29) is 24.8 Å². The zero-order valence-electron chi connectivity index (χ0n) is 13.7. The lowest BCUT2D eigenvalue weighted by molar-refractivity contribution is -0.994. The molecule has 1 fully saturated rings. The Kier molecular flexibility index (Phi) is 8.88. The van der Waals surface area contributed by atoms with Crippen molar-refractivity contribution >= 4 is 17.3 Å². The molecule has 0 aliphatic carbocycles. The molecule has 1 heterocycles. The van der Waals surface area contributed by atoms with Gasteiger partial charge in [0.1, 0.15) is 44.2 Å². The fourth-order valence-electron chi connectivity index (χ4n) is 3.15. The van der Waals surface area contributed by atoms with E-state index in [9.17, 15) is 0 Å². The number of para-hydroxylation sites is 1. The van der Waals surface area contributed by atoms with E-state index >= 15 is 0 Å². The number of nitrogens with one attached hydrogen (secondary N) is 2. The molecular weight excluding hydrogens is 367 g/mol. The van der Waals surface area contributed by atoms with Gasteiger partial charge in [-0.25, -0.2) is 0 Å². The van der Waals surface area contributed by atoms with Gasteiger partial charge in [-0.05, 0) is 30.3 Å². The van der Waals surface area contributed by atoms with E-state index in [0.717, 1.165) is 12.3 Å². The van der Waals surface area contributed by atoms with Crippen LogP contribution in [0.15, 0.2) is 48.5 Å². The van der Waals surface area contributed by atoms with Crippen molar-refractivity contribution in [3.05, 3.63) is 59.1 Å². The molecular formula is C18H23Cl3N2O. The number of ether oxygens (including phenoxy) is 1. The van der Waals surface area contributed by atoms with Gasteiger partial charge in [-0.15, -0.1) is 0 Å². The third-order valence-corrected chi connectivity index (χ3v) is 4.71. The highest BCUT2D eigenvalue weighted by Gasteiger charge is 2.24. The molecule has 2 aromatic rings. The lowest BCUT2D eigenvalue weighted by atomic mass is 10.2. The lowest BCUT2D eigenvalue weighted by Gasteiger charge is -2.29. The Hall–Kier alpha value is -0.970. The quantitative estimate of drug-likeness (QED) is 0.536. The van der Waals surface area contributed by atoms with Crippen LogP contribution in [0.1, 0.15) is 5.56 Å². The van der Waals surface area contributed by atoms with Crippen molar-refractivity contribution < 1.29 is 39.4 Å². The van der Waals surface area contributed by atoms with Crippen LogP contribution in [0, 0.1) is 0 Å². The van der Waals surface area contributed by atoms with Gasteiger partial charge in [0.15, 0.2) is 0 Å². The minimum absolute atomic E-state index is 0. The number of quaternary nitrogens is 2. The van der Waals surface area contributed by atoms with Crippen LogP contribution in [-0.2, 0) is 6.54 Å². The van der Waals surface area contributed by atoms with Gasteiger partial charge in [0, 0.05) is 5.56 Å². The van der Waals surface area contributed by atoms with Crippen molar-refractivity contribution in [1.29, 1.82) is 0 Å². The summed E-state index contributed by atoms with van der Waals surface area (Å²) in [5.41, 5.74) is 2.69. The van der Waals surface area contributed by atoms with Gasteiger partial charge in [0.05, 0.1) is 12.1 Å². The number of piperazine rings is 1. The summed E-state index contributed by atoms with van der Waals surface area (Å²) in [6, 6.07) is 16.9. The van der Waals surface area contributed by atoms with Crippen LogP contribution in [0.2, 0.25) is 5.02 Å². The summed E-state index contributed by atoms with van der Waals surface area (Å²) in [5.74, 6) is 0.749. The molecule has 0 unspecified atom stereocenters. The summed E-state index contributed by atoms with van der Waals surface area (Å²) in [4.78, 5) is 3.22. The van der Waals surface area contributed by atoms with Crippen LogP contribution in [-0.4, -0.2) is 33.3 Å². The van der Waals surface area contributed by atoms with Gasteiger partial charge in [-0.1, -0.05) is 29.8 Å². The van der Waals surface area contributed by atoms with Crippen molar-refractivity contribution in [2.24, 2.45) is 0 Å². The molecule has 0 bridgehead atoms. The Bertz CT molecular complexity index is 617. The first kappa shape index (κ1) is 21.1. The molecule has 1 aliphatic heterocycles. The van der Waals surface area contributed by atoms with Gasteiger partial charge in [-0.3, -0.25) is 4.90 Å². The van der Waals surface area contributed by atoms with Crippen molar-refractivity contribution in [1.82, 2.24) is 0 Å². The minimum atomic E-state index is 0. The third kappa shape index (κ3) is 5.27. The van der Waals surface area contributed by atoms with Crippen LogP contribution < -0.4 is 39.4 Å². The van der Waals surface area contributed by atoms with Crippen LogP contribution in [0.5, 0.6) is 5.75 Å². The minimum Gasteiger partial charge on any atom is -1.00 e. The standard InChI is InChI=1S/C18H21ClN2O.2ClH/c1-22-18-8-7-15(13-17(18)19)14-20-9-11-21(12-10-20)16-5-3-2-4-6-16;;/h2-8,13H,9-12,14H2,1H3;2*1H. The molecule has 0 radical (unpaired) electrons. The molecule has 3 rings (SSSR count). The highest BCUT2D eigenvalue weighted by molar-refractivity contribution is 6.32. The summed E-state index contributed by atoms with van der Waals surface area (Å²) in [6.07, 6.45) is 0. The predicted octanol–water partition coefficient (Wildman–Crippen LogP) is -5.03. The van der Waals surface area contributed by atoms with E-state index in [1.165, 1.54) is 37.4 Å². The second kappa shape index (κ2) is 10.1. The van der Waals surface area contributed by atoms with Crippen molar-refractivity contribution in [3.8, 4) is 5.75 Å². The largest absolute Gasteiger partial charge is 1.00 e. The molecule has 0 atom stereocenters. The maximum atomic E-state index is 6.21. The van der Waals surface area contributed by atoms with E-state index in [2.05, 4.69) is 36.4 Å². The molecule has 1 saturated heterocycles. The number of benzene rings is 2. The average Bonchev–Trinajstić information content (AvgIpc) is 2.57. The number of halogens is 3. The molecule has 3 nitrogen and oxygen atoms in total. The molecule has 0 amide bonds. The van der Waals surface area contributed by atoms with E-state index in [1.54, 1.807) is 16.9 Å². The van der Waals surface area contributed by atoms with Crippen LogP contribution in [0.3, 0.4) is 0 Å². The van der Waals surface area contributed by atoms with Crippen LogP contribution in [0.4, 0.5) is 5.69 Å². The summed E-state index contributed by atoms with van der Waals surface area (Å²) in [5, 5.41) is 0.702. The third-order valence-electron chi connectivity index (χ3n) is 4.41. The van der Waals surface area contributed by atoms with Crippen molar-refractivity contribution in [2.75, 3.05) is 33.3 Å². The fraction of sp³-hybridized carbons (Fsp3) is 0.333. The molecule has 0 aromatic heterocycles. The van der Waals surface area contributed by atoms with E-state index in [1.807, 2.05) is 12.1 Å². The summed E-state index contributed by atoms with van der Waals surface area (Å²) >= 11 is 6.21. The Balaban J connectivity index is 0.00000144. The number of methoxy groups -OCH3 is 1. The Morgan fingerprint density at radius 2 is 1.62 bits per heavy atom. The summed E-state index contributed by atoms with van der Waals surface area (Å²) in [6.45, 7) is 5.78. The first-order valence-electron chi connectivity index (χ1n) is 7.82. The van der Waals surface area contributed by atoms with Crippen LogP contribution >= 0.6 is 11.6 Å². The Labute approximate surface area is 161 Å². The van der Waals surface area contributed by atoms with Crippen molar-refractivity contribution in [2.45, 2.75) is 6.54 Å². The van der Waals surface area contributed by atoms with Gasteiger partial charge >= 0.3 is 0 Å². The molecule has 2 aromatic carbocycles. The molecule has 0 spiro atoms. The van der Waals surface area contributed by atoms with Crippen LogP contribution in [0.25, 0.3) is 0 Å². The van der Waals surface area contributed by atoms with Crippen molar-refractivity contribution in [3.63, 3.8) is 0 Å². The Morgan fingerprint density at radius 3 is 2.21 bits per heavy atom. The smallest absolute Gasteiger partial charge is 0.137 e. The topological polar surface area (TPSA) is 18.1 Å². The predicted molar refractivity (Wildman–Crippen MR) is 89.2 cm³/mol. The first-order valence-corrected chi connectivity index (χ1v) is 8.20. The lowest BCUT2D eigenvalue weighted by Crippen LogP contribution is -3.25. The first-order chi connectivity index (χ1) is 10.8. The summed E-state index contributed by atoms with van der Waals surface area (Å²) in [7, 11) is 1.65. The second-order valence-electron chi connectivity index (χ2n) is 5.87. The Morgan fingerprint density at radius 1 is 0.958 bits per heavy atom. The normalized spacial score (nSPS) is 19.8. The molecule has 6 heteroatoms. The maximum absolute atomic E-state index is 6.21. The van der Waals surface area contributed by atoms with Gasteiger partial charge in [0.2, 0.25) is 0 Å². The zero-order valence-corrected chi connectivity index (χ0v) is 16.0. The fourth-order valence-corrected chi connectivity index (χ4v) is 3.43. The van der Waals surface area contributed by atoms with Gasteiger partial charge in [0.25, 0.3) is 0 Å². The van der Waals surface area contributed by atoms with E-state index in [4.69, 9.17) is 16.3 Å². The van der Waals surface area contributed by atoms with E-state index in [0.29, 0.717) is 5.02 Å². The molecule has 1 aliphatic rings. The van der Waals surface area contributed by atoms with E-state index < -0.39 is 0 Å². The average molecular weight is 390 g/mol. The molecule has 132 valence electrons. The van der Waals surface area contributed by atoms with Gasteiger partial charge < -0.3 is 34.5 Å². The molecule has 24 heavy (non-hydrogen) atoms.